The van der Waals surface area contributed by atoms with E-state index >= 15 is 0 Å². The first-order valence-electron chi connectivity index (χ1n) is 12.7. The molecule has 184 valence electrons. The van der Waals surface area contributed by atoms with Gasteiger partial charge in [0.1, 0.15) is 12.8 Å². The maximum absolute atomic E-state index is 12.5. The van der Waals surface area contributed by atoms with Crippen LogP contribution in [0.4, 0.5) is 13.2 Å². The topological polar surface area (TPSA) is 0 Å². The lowest BCUT2D eigenvalue weighted by atomic mass is 10.1. The van der Waals surface area contributed by atoms with Crippen LogP contribution in [0.15, 0.2) is 0 Å². The SMILES string of the molecule is CCC(C)F.CCCC.CCCC.CCCCCCCCCC#CCCC(F)CF. The molecule has 0 bridgehead atoms. The van der Waals surface area contributed by atoms with E-state index in [4.69, 9.17) is 0 Å². The molecule has 3 heteroatoms. The van der Waals surface area contributed by atoms with Crippen molar-refractivity contribution >= 4 is 0 Å². The Bertz CT molecular complexity index is 297. The first kappa shape index (κ1) is 36.7. The average molecular weight is 437 g/mol. The predicted molar refractivity (Wildman–Crippen MR) is 133 cm³/mol. The maximum Gasteiger partial charge on any atom is 0.129 e. The van der Waals surface area contributed by atoms with Crippen LogP contribution < -0.4 is 0 Å². The van der Waals surface area contributed by atoms with Gasteiger partial charge in [-0.1, -0.05) is 106 Å². The van der Waals surface area contributed by atoms with Crippen LogP contribution in [0.3, 0.4) is 0 Å². The summed E-state index contributed by atoms with van der Waals surface area (Å²) in [5.74, 6) is 5.93. The molecule has 2 atom stereocenters. The molecule has 0 fully saturated rings. The quantitative estimate of drug-likeness (QED) is 0.199. The highest BCUT2D eigenvalue weighted by Crippen LogP contribution is 2.08. The van der Waals surface area contributed by atoms with E-state index in [1.54, 1.807) is 6.92 Å². The van der Waals surface area contributed by atoms with Gasteiger partial charge in [-0.3, -0.25) is 0 Å². The molecular weight excluding hydrogens is 381 g/mol. The second-order valence-corrected chi connectivity index (χ2v) is 7.70. The minimum absolute atomic E-state index is 0.237. The Kier molecular flexibility index (Phi) is 47.6. The van der Waals surface area contributed by atoms with Crippen LogP contribution in [0.1, 0.15) is 145 Å². The zero-order valence-electron chi connectivity index (χ0n) is 21.6. The van der Waals surface area contributed by atoms with Crippen LogP contribution in [0.2, 0.25) is 0 Å². The van der Waals surface area contributed by atoms with Crippen molar-refractivity contribution in [1.29, 1.82) is 0 Å². The number of halogens is 3. The molecule has 0 saturated heterocycles. The number of alkyl halides is 3. The third-order valence-corrected chi connectivity index (χ3v) is 4.34. The predicted octanol–water partition coefficient (Wildman–Crippen LogP) is 10.6. The second-order valence-electron chi connectivity index (χ2n) is 7.70. The Morgan fingerprint density at radius 1 is 0.600 bits per heavy atom. The van der Waals surface area contributed by atoms with Crippen molar-refractivity contribution in [3.05, 3.63) is 0 Å². The summed E-state index contributed by atoms with van der Waals surface area (Å²) >= 11 is 0. The molecule has 0 spiro atoms. The van der Waals surface area contributed by atoms with Gasteiger partial charge in [0.05, 0.1) is 6.17 Å². The highest BCUT2D eigenvalue weighted by Gasteiger charge is 2.02. The summed E-state index contributed by atoms with van der Waals surface area (Å²) in [4.78, 5) is 0. The van der Waals surface area contributed by atoms with Gasteiger partial charge in [-0.15, -0.1) is 11.8 Å². The molecule has 30 heavy (non-hydrogen) atoms. The summed E-state index contributed by atoms with van der Waals surface area (Å²) in [5, 5.41) is 0. The first-order valence-corrected chi connectivity index (χ1v) is 12.7. The van der Waals surface area contributed by atoms with Crippen molar-refractivity contribution in [1.82, 2.24) is 0 Å². The Balaban J connectivity index is -0.000000211. The Labute approximate surface area is 189 Å². The molecule has 0 nitrogen and oxygen atoms in total. The Morgan fingerprint density at radius 2 is 1.00 bits per heavy atom. The molecule has 0 N–H and O–H groups in total. The van der Waals surface area contributed by atoms with Gasteiger partial charge in [0, 0.05) is 12.8 Å². The van der Waals surface area contributed by atoms with Crippen molar-refractivity contribution in [3.8, 4) is 11.8 Å². The van der Waals surface area contributed by atoms with E-state index in [1.165, 1.54) is 64.2 Å². The molecule has 0 amide bonds. The van der Waals surface area contributed by atoms with Crippen molar-refractivity contribution in [2.45, 2.75) is 157 Å². The first-order chi connectivity index (χ1) is 14.4. The molecule has 0 aromatic heterocycles. The van der Waals surface area contributed by atoms with Gasteiger partial charge >= 0.3 is 0 Å². The molecule has 2 unspecified atom stereocenters. The van der Waals surface area contributed by atoms with E-state index in [0.29, 0.717) is 12.8 Å². The number of rotatable bonds is 13. The van der Waals surface area contributed by atoms with E-state index in [0.717, 1.165) is 12.8 Å². The van der Waals surface area contributed by atoms with E-state index in [2.05, 4.69) is 46.5 Å². The van der Waals surface area contributed by atoms with E-state index in [-0.39, 0.29) is 6.42 Å². The molecule has 0 aliphatic rings. The molecule has 0 radical (unpaired) electrons. The van der Waals surface area contributed by atoms with Gasteiger partial charge in [0.25, 0.3) is 0 Å². The zero-order valence-corrected chi connectivity index (χ0v) is 21.6. The Hall–Kier alpha value is -0.650. The number of hydrogen-bond acceptors (Lipinski definition) is 0. The summed E-state index contributed by atoms with van der Waals surface area (Å²) < 4.78 is 35.7. The van der Waals surface area contributed by atoms with E-state index in [9.17, 15) is 13.2 Å². The van der Waals surface area contributed by atoms with Crippen molar-refractivity contribution in [3.63, 3.8) is 0 Å². The average Bonchev–Trinajstić information content (AvgIpc) is 2.77. The highest BCUT2D eigenvalue weighted by atomic mass is 19.2. The van der Waals surface area contributed by atoms with Crippen molar-refractivity contribution in [2.75, 3.05) is 6.67 Å². The van der Waals surface area contributed by atoms with Gasteiger partial charge in [0.2, 0.25) is 0 Å². The van der Waals surface area contributed by atoms with Gasteiger partial charge in [0.15, 0.2) is 0 Å². The zero-order chi connectivity index (χ0) is 23.9. The minimum Gasteiger partial charge on any atom is -0.248 e. The van der Waals surface area contributed by atoms with Gasteiger partial charge in [-0.05, 0) is 26.2 Å². The summed E-state index contributed by atoms with van der Waals surface area (Å²) in [7, 11) is 0. The fourth-order valence-electron chi connectivity index (χ4n) is 1.65. The van der Waals surface area contributed by atoms with E-state index in [1.807, 2.05) is 6.92 Å². The van der Waals surface area contributed by atoms with Crippen LogP contribution in [0.25, 0.3) is 0 Å². The van der Waals surface area contributed by atoms with Crippen molar-refractivity contribution in [2.24, 2.45) is 0 Å². The van der Waals surface area contributed by atoms with Crippen LogP contribution in [0.5, 0.6) is 0 Å². The Morgan fingerprint density at radius 3 is 1.37 bits per heavy atom. The van der Waals surface area contributed by atoms with Gasteiger partial charge in [-0.2, -0.15) is 0 Å². The largest absolute Gasteiger partial charge is 0.248 e. The molecule has 0 aromatic carbocycles. The summed E-state index contributed by atoms with van der Waals surface area (Å²) in [6.07, 6.45) is 14.6. The fourth-order valence-corrected chi connectivity index (χ4v) is 1.65. The summed E-state index contributed by atoms with van der Waals surface area (Å²) in [6, 6.07) is 0. The van der Waals surface area contributed by atoms with Crippen LogP contribution in [-0.2, 0) is 0 Å². The third kappa shape index (κ3) is 56.4. The molecule has 0 rings (SSSR count). The molecule has 0 aromatic rings. The smallest absolute Gasteiger partial charge is 0.129 e. The lowest BCUT2D eigenvalue weighted by Gasteiger charge is -1.98. The lowest BCUT2D eigenvalue weighted by molar-refractivity contribution is 0.249. The van der Waals surface area contributed by atoms with Crippen LogP contribution in [0, 0.1) is 11.8 Å². The molecule has 0 aliphatic heterocycles. The number of hydrogen-bond donors (Lipinski definition) is 0. The number of unbranched alkanes of at least 4 members (excludes halogenated alkanes) is 9. The molecular formula is C27H55F3. The molecule has 0 aliphatic carbocycles. The third-order valence-electron chi connectivity index (χ3n) is 4.34. The molecule has 0 heterocycles. The monoisotopic (exact) mass is 436 g/mol. The van der Waals surface area contributed by atoms with Crippen LogP contribution in [-0.4, -0.2) is 19.0 Å². The minimum atomic E-state index is -1.32. The summed E-state index contributed by atoms with van der Waals surface area (Å²) in [5.41, 5.74) is 0. The van der Waals surface area contributed by atoms with Gasteiger partial charge in [-0.25, -0.2) is 13.2 Å². The standard InChI is InChI=1S/C15H26F2.C4H9F.2C4H10/c1-2-3-4-5-6-7-8-9-10-11-12-13-15(17)14-16;1-3-4(2)5;2*1-3-4-2/h15H,2-9,12-14H2,1H3;4H,3H2,1-2H3;2*3-4H2,1-2H3. The normalized spacial score (nSPS) is 11.3. The highest BCUT2D eigenvalue weighted by molar-refractivity contribution is 4.98. The summed E-state index contributed by atoms with van der Waals surface area (Å²) in [6.45, 7) is 13.4. The fraction of sp³-hybridized carbons (Fsp3) is 0.926. The molecule has 0 saturated carbocycles. The van der Waals surface area contributed by atoms with Crippen molar-refractivity contribution < 1.29 is 13.2 Å². The lowest BCUT2D eigenvalue weighted by Crippen LogP contribution is -2.00. The van der Waals surface area contributed by atoms with E-state index < -0.39 is 19.0 Å². The van der Waals surface area contributed by atoms with Crippen LogP contribution >= 0.6 is 0 Å². The second kappa shape index (κ2) is 38.9. The maximum atomic E-state index is 12.5. The van der Waals surface area contributed by atoms with Gasteiger partial charge < -0.3 is 0 Å².